The number of aryl methyl sites for hydroxylation is 3. The molecule has 37 heavy (non-hydrogen) atoms. The molecule has 0 spiro atoms. The Hall–Kier alpha value is -3.97. The molecule has 3 heterocycles. The molecule has 0 bridgehead atoms. The fourth-order valence-corrected chi connectivity index (χ4v) is 5.20. The van der Waals surface area contributed by atoms with E-state index in [1.165, 1.54) is 11.1 Å². The molecule has 2 N–H and O–H groups in total. The van der Waals surface area contributed by atoms with Gasteiger partial charge in [0.2, 0.25) is 5.91 Å². The number of amides is 1. The summed E-state index contributed by atoms with van der Waals surface area (Å²) in [6.07, 6.45) is 4.35. The number of benzene rings is 2. The fourth-order valence-electron chi connectivity index (χ4n) is 4.86. The summed E-state index contributed by atoms with van der Waals surface area (Å²) in [6, 6.07) is 22.5. The highest BCUT2D eigenvalue weighted by Gasteiger charge is 2.42. The minimum absolute atomic E-state index is 0.00600. The SMILES string of the molecule is CCC(=O)Nc1ccc(N2C(=S)N[C@H](c3ccccn3)[C@@H]2c2cccn2-c2ccc(C)c(C)c2)cc1C. The average molecular weight is 510 g/mol. The number of anilines is 2. The van der Waals surface area contributed by atoms with Crippen LogP contribution in [0.3, 0.4) is 0 Å². The molecule has 1 aliphatic heterocycles. The second kappa shape index (κ2) is 10.2. The van der Waals surface area contributed by atoms with E-state index >= 15 is 0 Å². The molecule has 2 atom stereocenters. The Bertz CT molecular complexity index is 1460. The van der Waals surface area contributed by atoms with E-state index < -0.39 is 0 Å². The van der Waals surface area contributed by atoms with Crippen molar-refractivity contribution >= 4 is 34.6 Å². The summed E-state index contributed by atoms with van der Waals surface area (Å²) in [4.78, 5) is 18.8. The van der Waals surface area contributed by atoms with Crippen molar-refractivity contribution in [2.75, 3.05) is 10.2 Å². The van der Waals surface area contributed by atoms with Crippen LogP contribution in [-0.2, 0) is 4.79 Å². The van der Waals surface area contributed by atoms with Crippen LogP contribution in [0.4, 0.5) is 11.4 Å². The molecule has 1 aliphatic rings. The summed E-state index contributed by atoms with van der Waals surface area (Å²) in [5.41, 5.74) is 8.39. The van der Waals surface area contributed by atoms with Crippen LogP contribution >= 0.6 is 12.2 Å². The van der Waals surface area contributed by atoms with Crippen LogP contribution < -0.4 is 15.5 Å². The van der Waals surface area contributed by atoms with Gasteiger partial charge in [-0.1, -0.05) is 19.1 Å². The number of rotatable bonds is 6. The molecule has 4 aromatic rings. The summed E-state index contributed by atoms with van der Waals surface area (Å²) in [5.74, 6) is -0.00600. The lowest BCUT2D eigenvalue weighted by molar-refractivity contribution is -0.115. The van der Waals surface area contributed by atoms with E-state index in [0.717, 1.165) is 34.0 Å². The number of nitrogens with zero attached hydrogens (tertiary/aromatic N) is 3. The van der Waals surface area contributed by atoms with Gasteiger partial charge in [0.15, 0.2) is 5.11 Å². The molecule has 1 fully saturated rings. The van der Waals surface area contributed by atoms with Gasteiger partial charge < -0.3 is 20.1 Å². The van der Waals surface area contributed by atoms with E-state index in [2.05, 4.69) is 81.5 Å². The quantitative estimate of drug-likeness (QED) is 0.298. The predicted octanol–water partition coefficient (Wildman–Crippen LogP) is 6.32. The van der Waals surface area contributed by atoms with Gasteiger partial charge in [0.25, 0.3) is 0 Å². The van der Waals surface area contributed by atoms with Gasteiger partial charge in [-0.05, 0) is 104 Å². The van der Waals surface area contributed by atoms with E-state index in [4.69, 9.17) is 12.2 Å². The third kappa shape index (κ3) is 4.74. The molecule has 1 saturated heterocycles. The Labute approximate surface area is 223 Å². The maximum absolute atomic E-state index is 12.0. The van der Waals surface area contributed by atoms with Crippen molar-refractivity contribution in [1.82, 2.24) is 14.9 Å². The summed E-state index contributed by atoms with van der Waals surface area (Å²) in [5, 5.41) is 7.16. The average Bonchev–Trinajstić information content (AvgIpc) is 3.51. The molecule has 0 unspecified atom stereocenters. The van der Waals surface area contributed by atoms with Gasteiger partial charge in [-0.15, -0.1) is 0 Å². The van der Waals surface area contributed by atoms with Crippen molar-refractivity contribution in [2.45, 2.75) is 46.2 Å². The Balaban J connectivity index is 1.62. The first-order valence-corrected chi connectivity index (χ1v) is 12.9. The molecule has 0 saturated carbocycles. The molecule has 7 heteroatoms. The standard InChI is InChI=1S/C30H31N5OS/c1-5-27(36)32-24-14-13-23(18-21(24)4)35-29(28(33-30(35)37)25-9-6-7-15-31-25)26-10-8-16-34(26)22-12-11-19(2)20(3)17-22/h6-18,28-29H,5H2,1-4H3,(H,32,36)(H,33,37)/t28-,29+/m1/s1. The summed E-state index contributed by atoms with van der Waals surface area (Å²) in [7, 11) is 0. The maximum atomic E-state index is 12.0. The zero-order valence-electron chi connectivity index (χ0n) is 21.5. The van der Waals surface area contributed by atoms with Crippen molar-refractivity contribution in [1.29, 1.82) is 0 Å². The van der Waals surface area contributed by atoms with Crippen molar-refractivity contribution in [2.24, 2.45) is 0 Å². The van der Waals surface area contributed by atoms with Gasteiger partial charge >= 0.3 is 0 Å². The smallest absolute Gasteiger partial charge is 0.224 e. The summed E-state index contributed by atoms with van der Waals surface area (Å²) >= 11 is 5.92. The van der Waals surface area contributed by atoms with Crippen LogP contribution in [0.5, 0.6) is 0 Å². The van der Waals surface area contributed by atoms with Gasteiger partial charge in [-0.3, -0.25) is 9.78 Å². The molecule has 0 radical (unpaired) electrons. The molecule has 0 aliphatic carbocycles. The Morgan fingerprint density at radius 2 is 1.76 bits per heavy atom. The number of hydrogen-bond acceptors (Lipinski definition) is 3. The van der Waals surface area contributed by atoms with Gasteiger partial charge in [0, 0.05) is 41.6 Å². The minimum atomic E-state index is -0.145. The first-order valence-electron chi connectivity index (χ1n) is 12.5. The maximum Gasteiger partial charge on any atom is 0.224 e. The van der Waals surface area contributed by atoms with Gasteiger partial charge in [0.05, 0.1) is 11.7 Å². The Kier molecular flexibility index (Phi) is 6.80. The Morgan fingerprint density at radius 3 is 2.46 bits per heavy atom. The number of carbonyl (C=O) groups is 1. The van der Waals surface area contributed by atoms with Gasteiger partial charge in [-0.25, -0.2) is 0 Å². The molecular weight excluding hydrogens is 478 g/mol. The van der Waals surface area contributed by atoms with Crippen LogP contribution in [0.2, 0.25) is 0 Å². The first kappa shape index (κ1) is 24.7. The molecule has 2 aromatic heterocycles. The van der Waals surface area contributed by atoms with Crippen LogP contribution in [0.25, 0.3) is 5.69 Å². The highest BCUT2D eigenvalue weighted by molar-refractivity contribution is 7.80. The van der Waals surface area contributed by atoms with E-state index in [-0.39, 0.29) is 18.0 Å². The molecule has 5 rings (SSSR count). The molecule has 188 valence electrons. The molecule has 1 amide bonds. The normalized spacial score (nSPS) is 17.1. The lowest BCUT2D eigenvalue weighted by atomic mass is 10.00. The molecular formula is C30H31N5OS. The van der Waals surface area contributed by atoms with Gasteiger partial charge in [0.1, 0.15) is 6.04 Å². The van der Waals surface area contributed by atoms with E-state index in [1.54, 1.807) is 0 Å². The molecule has 6 nitrogen and oxygen atoms in total. The second-order valence-corrected chi connectivity index (χ2v) is 9.86. The number of thiocarbonyl (C=S) groups is 1. The number of nitrogens with one attached hydrogen (secondary N) is 2. The number of aromatic nitrogens is 2. The second-order valence-electron chi connectivity index (χ2n) is 9.47. The van der Waals surface area contributed by atoms with E-state index in [1.807, 2.05) is 50.4 Å². The third-order valence-corrected chi connectivity index (χ3v) is 7.35. The summed E-state index contributed by atoms with van der Waals surface area (Å²) < 4.78 is 2.23. The van der Waals surface area contributed by atoms with Crippen LogP contribution in [0.1, 0.15) is 53.5 Å². The number of carbonyl (C=O) groups excluding carboxylic acids is 1. The van der Waals surface area contributed by atoms with Crippen molar-refractivity contribution in [3.63, 3.8) is 0 Å². The van der Waals surface area contributed by atoms with E-state index in [9.17, 15) is 4.79 Å². The lowest BCUT2D eigenvalue weighted by Crippen LogP contribution is -2.30. The zero-order chi connectivity index (χ0) is 26.1. The highest BCUT2D eigenvalue weighted by Crippen LogP contribution is 2.43. The number of hydrogen-bond donors (Lipinski definition) is 2. The zero-order valence-corrected chi connectivity index (χ0v) is 22.3. The topological polar surface area (TPSA) is 62.2 Å². The van der Waals surface area contributed by atoms with Crippen LogP contribution in [-0.4, -0.2) is 20.6 Å². The summed E-state index contributed by atoms with van der Waals surface area (Å²) in [6.45, 7) is 8.12. The van der Waals surface area contributed by atoms with E-state index in [0.29, 0.717) is 11.5 Å². The number of pyridine rings is 1. The van der Waals surface area contributed by atoms with Crippen molar-refractivity contribution in [3.8, 4) is 5.69 Å². The highest BCUT2D eigenvalue weighted by atomic mass is 32.1. The van der Waals surface area contributed by atoms with Crippen LogP contribution in [0.15, 0.2) is 79.1 Å². The third-order valence-electron chi connectivity index (χ3n) is 7.03. The minimum Gasteiger partial charge on any atom is -0.351 e. The van der Waals surface area contributed by atoms with Crippen molar-refractivity contribution in [3.05, 3.63) is 107 Å². The lowest BCUT2D eigenvalue weighted by Gasteiger charge is -2.29. The largest absolute Gasteiger partial charge is 0.351 e. The monoisotopic (exact) mass is 509 g/mol. The predicted molar refractivity (Wildman–Crippen MR) is 153 cm³/mol. The van der Waals surface area contributed by atoms with Crippen LogP contribution in [0, 0.1) is 20.8 Å². The van der Waals surface area contributed by atoms with Gasteiger partial charge in [-0.2, -0.15) is 0 Å². The first-order chi connectivity index (χ1) is 17.9. The molecule has 2 aromatic carbocycles. The van der Waals surface area contributed by atoms with Crippen molar-refractivity contribution < 1.29 is 4.79 Å². The fraction of sp³-hybridized carbons (Fsp3) is 0.233. The Morgan fingerprint density at radius 1 is 0.973 bits per heavy atom.